The van der Waals surface area contributed by atoms with Crippen LogP contribution in [0.25, 0.3) is 0 Å². The van der Waals surface area contributed by atoms with Crippen molar-refractivity contribution in [2.24, 2.45) is 0 Å². The molecule has 0 saturated carbocycles. The van der Waals surface area contributed by atoms with Gasteiger partial charge in [-0.25, -0.2) is 0 Å². The molecule has 2 unspecified atom stereocenters. The van der Waals surface area contributed by atoms with Crippen molar-refractivity contribution in [1.29, 1.82) is 0 Å². The van der Waals surface area contributed by atoms with Crippen LogP contribution in [-0.2, 0) is 0 Å². The molecular weight excluding hydrogens is 300 g/mol. The van der Waals surface area contributed by atoms with Crippen LogP contribution in [0.3, 0.4) is 0 Å². The lowest BCUT2D eigenvalue weighted by atomic mass is 10.1. The number of nitrogens with zero attached hydrogens (tertiary/aromatic N) is 1. The van der Waals surface area contributed by atoms with Crippen LogP contribution in [-0.4, -0.2) is 36.0 Å². The Hall–Kier alpha value is -2.33. The zero-order valence-electron chi connectivity index (χ0n) is 13.7. The fourth-order valence-electron chi connectivity index (χ4n) is 3.78. The van der Waals surface area contributed by atoms with E-state index in [2.05, 4.69) is 10.2 Å². The third kappa shape index (κ3) is 3.02. The molecule has 2 aliphatic heterocycles. The summed E-state index contributed by atoms with van der Waals surface area (Å²) in [5.41, 5.74) is 0.710. The highest BCUT2D eigenvalue weighted by Crippen LogP contribution is 2.30. The predicted molar refractivity (Wildman–Crippen MR) is 93.4 cm³/mol. The number of rotatable bonds is 3. The Labute approximate surface area is 142 Å². The fourth-order valence-corrected chi connectivity index (χ4v) is 3.78. The highest BCUT2D eigenvalue weighted by atomic mass is 16.5. The summed E-state index contributed by atoms with van der Waals surface area (Å²) in [6.07, 6.45) is 3.27. The predicted octanol–water partition coefficient (Wildman–Crippen LogP) is 3.45. The van der Waals surface area contributed by atoms with Gasteiger partial charge in [0.25, 0.3) is 5.91 Å². The highest BCUT2D eigenvalue weighted by molar-refractivity contribution is 5.95. The SMILES string of the molecule is O=C(c1cccc(Oc2ccccc2)c1)N1C2CCNCC1CC2. The Morgan fingerprint density at radius 1 is 0.958 bits per heavy atom. The summed E-state index contributed by atoms with van der Waals surface area (Å²) < 4.78 is 5.87. The molecule has 1 amide bonds. The molecule has 4 rings (SSSR count). The smallest absolute Gasteiger partial charge is 0.254 e. The molecule has 2 aromatic rings. The zero-order valence-corrected chi connectivity index (χ0v) is 13.7. The molecule has 2 aromatic carbocycles. The van der Waals surface area contributed by atoms with E-state index in [0.717, 1.165) is 38.1 Å². The maximum Gasteiger partial charge on any atom is 0.254 e. The van der Waals surface area contributed by atoms with Crippen LogP contribution in [0.15, 0.2) is 54.6 Å². The fraction of sp³-hybridized carbons (Fsp3) is 0.350. The second-order valence-corrected chi connectivity index (χ2v) is 6.53. The highest BCUT2D eigenvalue weighted by Gasteiger charge is 2.38. The van der Waals surface area contributed by atoms with E-state index in [-0.39, 0.29) is 5.91 Å². The molecule has 0 aliphatic carbocycles. The summed E-state index contributed by atoms with van der Waals surface area (Å²) in [6, 6.07) is 17.9. The average Bonchev–Trinajstić information content (AvgIpc) is 2.88. The average molecular weight is 322 g/mol. The summed E-state index contributed by atoms with van der Waals surface area (Å²) in [5, 5.41) is 3.44. The van der Waals surface area contributed by atoms with Crippen molar-refractivity contribution in [3.8, 4) is 11.5 Å². The van der Waals surface area contributed by atoms with Crippen molar-refractivity contribution in [2.45, 2.75) is 31.3 Å². The van der Waals surface area contributed by atoms with Gasteiger partial charge in [-0.1, -0.05) is 24.3 Å². The van der Waals surface area contributed by atoms with Crippen molar-refractivity contribution in [3.05, 3.63) is 60.2 Å². The van der Waals surface area contributed by atoms with Gasteiger partial charge in [-0.05, 0) is 56.1 Å². The number of carbonyl (C=O) groups is 1. The van der Waals surface area contributed by atoms with Gasteiger partial charge in [-0.15, -0.1) is 0 Å². The minimum atomic E-state index is 0.129. The lowest BCUT2D eigenvalue weighted by molar-refractivity contribution is 0.0680. The van der Waals surface area contributed by atoms with Crippen LogP contribution >= 0.6 is 0 Å². The van der Waals surface area contributed by atoms with Crippen LogP contribution in [0, 0.1) is 0 Å². The molecule has 2 heterocycles. The van der Waals surface area contributed by atoms with E-state index < -0.39 is 0 Å². The van der Waals surface area contributed by atoms with Gasteiger partial charge in [-0.3, -0.25) is 4.79 Å². The van der Waals surface area contributed by atoms with Gasteiger partial charge in [0, 0.05) is 24.2 Å². The maximum absolute atomic E-state index is 13.1. The van der Waals surface area contributed by atoms with Gasteiger partial charge < -0.3 is 15.0 Å². The summed E-state index contributed by atoms with van der Waals surface area (Å²) in [6.45, 7) is 1.91. The van der Waals surface area contributed by atoms with E-state index in [1.807, 2.05) is 54.6 Å². The van der Waals surface area contributed by atoms with E-state index in [9.17, 15) is 4.79 Å². The van der Waals surface area contributed by atoms with Crippen molar-refractivity contribution < 1.29 is 9.53 Å². The van der Waals surface area contributed by atoms with E-state index in [1.54, 1.807) is 0 Å². The largest absolute Gasteiger partial charge is 0.457 e. The number of ether oxygens (including phenoxy) is 1. The van der Waals surface area contributed by atoms with Crippen LogP contribution in [0.4, 0.5) is 0 Å². The maximum atomic E-state index is 13.1. The van der Waals surface area contributed by atoms with Crippen molar-refractivity contribution in [2.75, 3.05) is 13.1 Å². The first-order valence-electron chi connectivity index (χ1n) is 8.67. The minimum absolute atomic E-state index is 0.129. The summed E-state index contributed by atoms with van der Waals surface area (Å²) in [4.78, 5) is 15.2. The normalized spacial score (nSPS) is 22.9. The molecule has 4 nitrogen and oxygen atoms in total. The van der Waals surface area contributed by atoms with Crippen molar-refractivity contribution in [1.82, 2.24) is 10.2 Å². The van der Waals surface area contributed by atoms with Gasteiger partial charge in [0.15, 0.2) is 0 Å². The third-order valence-electron chi connectivity index (χ3n) is 4.95. The number of hydrogen-bond acceptors (Lipinski definition) is 3. The summed E-state index contributed by atoms with van der Waals surface area (Å²) in [7, 11) is 0. The molecule has 0 radical (unpaired) electrons. The molecule has 2 saturated heterocycles. The molecule has 1 N–H and O–H groups in total. The number of para-hydroxylation sites is 1. The standard InChI is InChI=1S/C20H22N2O2/c23-20(22-16-9-10-17(22)14-21-12-11-16)15-5-4-8-19(13-15)24-18-6-2-1-3-7-18/h1-8,13,16-17,21H,9-12,14H2. The molecule has 24 heavy (non-hydrogen) atoms. The van der Waals surface area contributed by atoms with Crippen LogP contribution in [0.1, 0.15) is 29.6 Å². The first-order chi connectivity index (χ1) is 11.8. The Morgan fingerprint density at radius 2 is 1.75 bits per heavy atom. The van der Waals surface area contributed by atoms with Gasteiger partial charge in [0.2, 0.25) is 0 Å². The lowest BCUT2D eigenvalue weighted by Gasteiger charge is -2.28. The summed E-state index contributed by atoms with van der Waals surface area (Å²) >= 11 is 0. The molecule has 2 aliphatic rings. The molecule has 2 atom stereocenters. The van der Waals surface area contributed by atoms with Crippen molar-refractivity contribution >= 4 is 5.91 Å². The molecular formula is C20H22N2O2. The Balaban J connectivity index is 1.55. The van der Waals surface area contributed by atoms with Gasteiger partial charge in [0.05, 0.1) is 0 Å². The van der Waals surface area contributed by atoms with Crippen molar-refractivity contribution in [3.63, 3.8) is 0 Å². The van der Waals surface area contributed by atoms with E-state index in [4.69, 9.17) is 4.74 Å². The van der Waals surface area contributed by atoms with E-state index >= 15 is 0 Å². The Kier molecular flexibility index (Phi) is 4.22. The second-order valence-electron chi connectivity index (χ2n) is 6.53. The zero-order chi connectivity index (χ0) is 16.4. The monoisotopic (exact) mass is 322 g/mol. The minimum Gasteiger partial charge on any atom is -0.457 e. The van der Waals surface area contributed by atoms with Crippen LogP contribution in [0.2, 0.25) is 0 Å². The van der Waals surface area contributed by atoms with E-state index in [0.29, 0.717) is 23.4 Å². The number of fused-ring (bicyclic) bond motifs is 2. The molecule has 4 heteroatoms. The molecule has 2 fully saturated rings. The Morgan fingerprint density at radius 3 is 2.62 bits per heavy atom. The topological polar surface area (TPSA) is 41.6 Å². The third-order valence-corrected chi connectivity index (χ3v) is 4.95. The van der Waals surface area contributed by atoms with E-state index in [1.165, 1.54) is 0 Å². The molecule has 0 spiro atoms. The number of carbonyl (C=O) groups excluding carboxylic acids is 1. The lowest BCUT2D eigenvalue weighted by Crippen LogP contribution is -2.42. The van der Waals surface area contributed by atoms with Gasteiger partial charge >= 0.3 is 0 Å². The van der Waals surface area contributed by atoms with Crippen LogP contribution < -0.4 is 10.1 Å². The quantitative estimate of drug-likeness (QED) is 0.941. The number of hydrogen-bond donors (Lipinski definition) is 1. The Bertz CT molecular complexity index is 703. The number of amides is 1. The molecule has 2 bridgehead atoms. The molecule has 0 aromatic heterocycles. The second kappa shape index (κ2) is 6.65. The summed E-state index contributed by atoms with van der Waals surface area (Å²) in [5.74, 6) is 1.61. The first-order valence-corrected chi connectivity index (χ1v) is 8.67. The number of benzene rings is 2. The molecule has 124 valence electrons. The number of nitrogens with one attached hydrogen (secondary N) is 1. The van der Waals surface area contributed by atoms with Gasteiger partial charge in [-0.2, -0.15) is 0 Å². The first kappa shape index (κ1) is 15.2. The van der Waals surface area contributed by atoms with Crippen LogP contribution in [0.5, 0.6) is 11.5 Å². The van der Waals surface area contributed by atoms with Gasteiger partial charge in [0.1, 0.15) is 11.5 Å².